The Labute approximate surface area is 114 Å². The molecule has 0 aliphatic carbocycles. The highest BCUT2D eigenvalue weighted by atomic mass is 32.2. The molecule has 0 spiro atoms. The van der Waals surface area contributed by atoms with Crippen molar-refractivity contribution in [2.45, 2.75) is 55.5 Å². The number of rotatable bonds is 5. The summed E-state index contributed by atoms with van der Waals surface area (Å²) in [5.41, 5.74) is 7.17. The summed E-state index contributed by atoms with van der Waals surface area (Å²) in [7, 11) is 0. The van der Waals surface area contributed by atoms with Crippen LogP contribution in [0.2, 0.25) is 0 Å². The van der Waals surface area contributed by atoms with E-state index in [4.69, 9.17) is 10.5 Å². The average Bonchev–Trinajstić information content (AvgIpc) is 2.77. The predicted octanol–water partition coefficient (Wildman–Crippen LogP) is 2.63. The molecule has 2 N–H and O–H groups in total. The Kier molecular flexibility index (Phi) is 5.03. The van der Waals surface area contributed by atoms with Gasteiger partial charge in [0.1, 0.15) is 0 Å². The van der Waals surface area contributed by atoms with Crippen molar-refractivity contribution in [2.75, 3.05) is 6.61 Å². The van der Waals surface area contributed by atoms with Gasteiger partial charge in [0.15, 0.2) is 0 Å². The summed E-state index contributed by atoms with van der Waals surface area (Å²) in [5.74, 6) is 0. The van der Waals surface area contributed by atoms with Crippen LogP contribution in [0.3, 0.4) is 0 Å². The van der Waals surface area contributed by atoms with E-state index in [0.717, 1.165) is 30.9 Å². The van der Waals surface area contributed by atoms with E-state index in [9.17, 15) is 0 Å². The van der Waals surface area contributed by atoms with E-state index >= 15 is 0 Å². The second-order valence-corrected chi connectivity index (χ2v) is 6.16. The monoisotopic (exact) mass is 266 g/mol. The van der Waals surface area contributed by atoms with Crippen molar-refractivity contribution in [3.63, 3.8) is 0 Å². The molecule has 3 atom stereocenters. The first-order valence-corrected chi connectivity index (χ1v) is 7.55. The normalized spacial score (nSPS) is 25.3. The van der Waals surface area contributed by atoms with E-state index in [1.165, 1.54) is 5.56 Å². The molecule has 3 unspecified atom stereocenters. The van der Waals surface area contributed by atoms with Crippen LogP contribution in [0.1, 0.15) is 32.3 Å². The number of hydrogen-bond donors (Lipinski definition) is 1. The van der Waals surface area contributed by atoms with E-state index in [2.05, 4.69) is 31.0 Å². The molecule has 1 aliphatic heterocycles. The van der Waals surface area contributed by atoms with Gasteiger partial charge in [-0.1, -0.05) is 13.0 Å². The van der Waals surface area contributed by atoms with Crippen LogP contribution in [0.5, 0.6) is 0 Å². The average molecular weight is 266 g/mol. The SMILES string of the molecule is CCC(N)Cc1ccc(SC2CCOC2C)nc1. The number of nitrogens with two attached hydrogens (primary N) is 1. The molecule has 1 aromatic heterocycles. The Morgan fingerprint density at radius 3 is 2.94 bits per heavy atom. The molecular weight excluding hydrogens is 244 g/mol. The van der Waals surface area contributed by atoms with Crippen LogP contribution in [0.15, 0.2) is 23.4 Å². The summed E-state index contributed by atoms with van der Waals surface area (Å²) in [5, 5.41) is 1.63. The third kappa shape index (κ3) is 3.70. The van der Waals surface area contributed by atoms with Crippen LogP contribution >= 0.6 is 11.8 Å². The molecule has 18 heavy (non-hydrogen) atoms. The minimum atomic E-state index is 0.244. The van der Waals surface area contributed by atoms with Gasteiger partial charge >= 0.3 is 0 Å². The maximum Gasteiger partial charge on any atom is 0.0963 e. The van der Waals surface area contributed by atoms with Gasteiger partial charge in [-0.15, -0.1) is 11.8 Å². The molecule has 0 saturated carbocycles. The van der Waals surface area contributed by atoms with Crippen molar-refractivity contribution in [2.24, 2.45) is 5.73 Å². The van der Waals surface area contributed by atoms with Gasteiger partial charge in [0.2, 0.25) is 0 Å². The topological polar surface area (TPSA) is 48.1 Å². The van der Waals surface area contributed by atoms with Gasteiger partial charge in [0, 0.05) is 24.1 Å². The zero-order valence-corrected chi connectivity index (χ0v) is 12.0. The maximum atomic E-state index is 5.94. The van der Waals surface area contributed by atoms with Crippen LogP contribution in [-0.2, 0) is 11.2 Å². The molecule has 100 valence electrons. The highest BCUT2D eigenvalue weighted by Gasteiger charge is 2.25. The molecule has 1 aliphatic rings. The van der Waals surface area contributed by atoms with Gasteiger partial charge in [-0.2, -0.15) is 0 Å². The van der Waals surface area contributed by atoms with Crippen LogP contribution in [0, 0.1) is 0 Å². The fraction of sp³-hybridized carbons (Fsp3) is 0.643. The van der Waals surface area contributed by atoms with Crippen LogP contribution in [-0.4, -0.2) is 29.0 Å². The smallest absolute Gasteiger partial charge is 0.0963 e. The van der Waals surface area contributed by atoms with Crippen molar-refractivity contribution in [3.8, 4) is 0 Å². The Morgan fingerprint density at radius 2 is 2.39 bits per heavy atom. The highest BCUT2D eigenvalue weighted by molar-refractivity contribution is 7.99. The van der Waals surface area contributed by atoms with Crippen molar-refractivity contribution >= 4 is 11.8 Å². The second kappa shape index (κ2) is 6.55. The summed E-state index contributed by atoms with van der Waals surface area (Å²) in [6, 6.07) is 4.49. The van der Waals surface area contributed by atoms with E-state index in [1.807, 2.05) is 18.0 Å². The van der Waals surface area contributed by atoms with Gasteiger partial charge in [-0.25, -0.2) is 4.98 Å². The molecule has 0 radical (unpaired) electrons. The highest BCUT2D eigenvalue weighted by Crippen LogP contribution is 2.31. The molecule has 0 bridgehead atoms. The van der Waals surface area contributed by atoms with Crippen molar-refractivity contribution < 1.29 is 4.74 Å². The van der Waals surface area contributed by atoms with Crippen LogP contribution < -0.4 is 5.73 Å². The van der Waals surface area contributed by atoms with Gasteiger partial charge in [-0.3, -0.25) is 0 Å². The molecule has 4 heteroatoms. The Balaban J connectivity index is 1.91. The van der Waals surface area contributed by atoms with Crippen LogP contribution in [0.25, 0.3) is 0 Å². The van der Waals surface area contributed by atoms with Gasteiger partial charge in [0.05, 0.1) is 11.1 Å². The molecule has 0 amide bonds. The number of nitrogens with zero attached hydrogens (tertiary/aromatic N) is 1. The second-order valence-electron chi connectivity index (χ2n) is 4.90. The summed E-state index contributed by atoms with van der Waals surface area (Å²) < 4.78 is 5.56. The number of pyridine rings is 1. The third-order valence-corrected chi connectivity index (χ3v) is 4.80. The molecule has 2 heterocycles. The number of thioether (sulfide) groups is 1. The fourth-order valence-electron chi connectivity index (χ4n) is 2.07. The number of aromatic nitrogens is 1. The van der Waals surface area contributed by atoms with Gasteiger partial charge in [0.25, 0.3) is 0 Å². The number of ether oxygens (including phenoxy) is 1. The first kappa shape index (κ1) is 13.8. The van der Waals surface area contributed by atoms with Crippen molar-refractivity contribution in [1.29, 1.82) is 0 Å². The fourth-order valence-corrected chi connectivity index (χ4v) is 3.13. The lowest BCUT2D eigenvalue weighted by Crippen LogP contribution is -2.21. The maximum absolute atomic E-state index is 5.94. The lowest BCUT2D eigenvalue weighted by atomic mass is 10.1. The van der Waals surface area contributed by atoms with Crippen molar-refractivity contribution in [3.05, 3.63) is 23.9 Å². The third-order valence-electron chi connectivity index (χ3n) is 3.40. The zero-order valence-electron chi connectivity index (χ0n) is 11.1. The first-order chi connectivity index (χ1) is 8.69. The minimum absolute atomic E-state index is 0.244. The largest absolute Gasteiger partial charge is 0.377 e. The van der Waals surface area contributed by atoms with Crippen LogP contribution in [0.4, 0.5) is 0 Å². The van der Waals surface area contributed by atoms with Gasteiger partial charge < -0.3 is 10.5 Å². The molecular formula is C14H22N2OS. The Hall–Kier alpha value is -0.580. The minimum Gasteiger partial charge on any atom is -0.377 e. The summed E-state index contributed by atoms with van der Waals surface area (Å²) in [6.07, 6.45) is 5.34. The standard InChI is InChI=1S/C14H22N2OS/c1-3-12(15)8-11-4-5-14(16-9-11)18-13-6-7-17-10(13)2/h4-5,9-10,12-13H,3,6-8,15H2,1-2H3. The summed E-state index contributed by atoms with van der Waals surface area (Å²) in [4.78, 5) is 4.52. The number of hydrogen-bond acceptors (Lipinski definition) is 4. The molecule has 1 fully saturated rings. The van der Waals surface area contributed by atoms with E-state index in [1.54, 1.807) is 0 Å². The van der Waals surface area contributed by atoms with Gasteiger partial charge in [-0.05, 0) is 37.8 Å². The first-order valence-electron chi connectivity index (χ1n) is 6.67. The molecule has 3 nitrogen and oxygen atoms in total. The summed E-state index contributed by atoms with van der Waals surface area (Å²) >= 11 is 1.83. The van der Waals surface area contributed by atoms with E-state index in [0.29, 0.717) is 11.4 Å². The van der Waals surface area contributed by atoms with E-state index in [-0.39, 0.29) is 6.04 Å². The molecule has 0 aromatic carbocycles. The Morgan fingerprint density at radius 1 is 1.56 bits per heavy atom. The zero-order chi connectivity index (χ0) is 13.0. The molecule has 2 rings (SSSR count). The lowest BCUT2D eigenvalue weighted by Gasteiger charge is -2.13. The van der Waals surface area contributed by atoms with E-state index < -0.39 is 0 Å². The quantitative estimate of drug-likeness (QED) is 0.890. The van der Waals surface area contributed by atoms with Crippen molar-refractivity contribution in [1.82, 2.24) is 4.98 Å². The molecule has 1 aromatic rings. The predicted molar refractivity (Wildman–Crippen MR) is 75.9 cm³/mol. The summed E-state index contributed by atoms with van der Waals surface area (Å²) in [6.45, 7) is 5.13. The lowest BCUT2D eigenvalue weighted by molar-refractivity contribution is 0.127. The molecule has 1 saturated heterocycles. The Bertz CT molecular complexity index is 369.